The summed E-state index contributed by atoms with van der Waals surface area (Å²) in [6, 6.07) is 11.1. The second-order valence-corrected chi connectivity index (χ2v) is 8.68. The van der Waals surface area contributed by atoms with Crippen LogP contribution in [0.5, 0.6) is 11.5 Å². The summed E-state index contributed by atoms with van der Waals surface area (Å²) in [6.07, 6.45) is 4.22. The summed E-state index contributed by atoms with van der Waals surface area (Å²) in [7, 11) is 3.06. The van der Waals surface area contributed by atoms with E-state index in [9.17, 15) is 18.4 Å². The molecule has 0 saturated heterocycles. The summed E-state index contributed by atoms with van der Waals surface area (Å²) < 4.78 is 41.3. The number of allylic oxidation sites excluding steroid dienone is 1. The van der Waals surface area contributed by atoms with E-state index in [2.05, 4.69) is 5.32 Å². The molecule has 0 aliphatic heterocycles. The van der Waals surface area contributed by atoms with E-state index in [-0.39, 0.29) is 30.4 Å². The van der Waals surface area contributed by atoms with Crippen molar-refractivity contribution in [2.24, 2.45) is 5.92 Å². The van der Waals surface area contributed by atoms with E-state index < -0.39 is 11.7 Å². The van der Waals surface area contributed by atoms with Crippen molar-refractivity contribution in [3.63, 3.8) is 0 Å². The second-order valence-electron chi connectivity index (χ2n) is 7.61. The number of alkyl halides is 2. The Morgan fingerprint density at radius 3 is 2.53 bits per heavy atom. The molecule has 1 aliphatic rings. The van der Waals surface area contributed by atoms with Crippen LogP contribution in [0.3, 0.4) is 0 Å². The van der Waals surface area contributed by atoms with Gasteiger partial charge in [-0.2, -0.15) is 8.78 Å². The van der Waals surface area contributed by atoms with Crippen molar-refractivity contribution in [3.8, 4) is 11.5 Å². The van der Waals surface area contributed by atoms with Gasteiger partial charge in [0.2, 0.25) is 0 Å². The molecule has 0 aromatic heterocycles. The van der Waals surface area contributed by atoms with Crippen molar-refractivity contribution in [1.29, 1.82) is 0 Å². The molecule has 0 bridgehead atoms. The maximum atomic E-state index is 12.9. The fraction of sp³-hybridized carbons (Fsp3) is 0.360. The summed E-state index contributed by atoms with van der Waals surface area (Å²) in [5.41, 5.74) is 1.01. The van der Waals surface area contributed by atoms with E-state index in [0.29, 0.717) is 40.1 Å². The lowest BCUT2D eigenvalue weighted by Crippen LogP contribution is -2.33. The summed E-state index contributed by atoms with van der Waals surface area (Å²) in [5.74, 6) is -3.06. The number of methoxy groups -OCH3 is 2. The van der Waals surface area contributed by atoms with Crippen LogP contribution in [0.1, 0.15) is 35.2 Å². The van der Waals surface area contributed by atoms with Gasteiger partial charge < -0.3 is 19.5 Å². The minimum Gasteiger partial charge on any atom is -0.493 e. The average molecular weight is 492 g/mol. The monoisotopic (exact) mass is 491 g/mol. The first-order valence-corrected chi connectivity index (χ1v) is 11.7. The highest BCUT2D eigenvalue weighted by atomic mass is 32.2. The Labute approximate surface area is 201 Å². The summed E-state index contributed by atoms with van der Waals surface area (Å²) in [6.45, 7) is 1.99. The van der Waals surface area contributed by atoms with Crippen molar-refractivity contribution >= 4 is 23.6 Å². The molecule has 0 radical (unpaired) electrons. The third-order valence-corrected chi connectivity index (χ3v) is 6.19. The minimum atomic E-state index is -2.56. The zero-order chi connectivity index (χ0) is 24.7. The summed E-state index contributed by atoms with van der Waals surface area (Å²) in [5, 5.41) is 2.90. The van der Waals surface area contributed by atoms with Gasteiger partial charge in [-0.3, -0.25) is 9.59 Å². The summed E-state index contributed by atoms with van der Waals surface area (Å²) in [4.78, 5) is 25.9. The number of esters is 1. The van der Waals surface area contributed by atoms with Crippen molar-refractivity contribution in [2.75, 3.05) is 20.8 Å². The molecule has 1 N–H and O–H groups in total. The van der Waals surface area contributed by atoms with Crippen molar-refractivity contribution in [1.82, 2.24) is 5.32 Å². The number of carbonyl (C=O) groups excluding carboxylic acids is 2. The standard InChI is InChI=1S/C25H27F2NO5S/c1-4-33-24(30)22(16-9-11-20(31-2)21(14-16)32-3)15-8-10-18(12-15)28-23(29)17-6-5-7-19(13-17)34-25(26)27/h5-11,13-15,18,22,25H,4,12H2,1-3H3,(H,28,29)/t15-,18-,22-/m0/s1. The van der Waals surface area contributed by atoms with Crippen molar-refractivity contribution < 1.29 is 32.6 Å². The first-order valence-electron chi connectivity index (χ1n) is 10.8. The molecule has 9 heteroatoms. The first kappa shape index (κ1) is 25.6. The molecule has 182 valence electrons. The Balaban J connectivity index is 1.75. The van der Waals surface area contributed by atoms with Gasteiger partial charge in [0.15, 0.2) is 11.5 Å². The molecular weight excluding hydrogens is 464 g/mol. The summed E-state index contributed by atoms with van der Waals surface area (Å²) >= 11 is 0.390. The zero-order valence-corrected chi connectivity index (χ0v) is 19.9. The maximum Gasteiger partial charge on any atom is 0.314 e. The number of hydrogen-bond acceptors (Lipinski definition) is 6. The van der Waals surface area contributed by atoms with Crippen LogP contribution < -0.4 is 14.8 Å². The van der Waals surface area contributed by atoms with Crippen molar-refractivity contribution in [3.05, 3.63) is 65.7 Å². The molecule has 0 saturated carbocycles. The van der Waals surface area contributed by atoms with Crippen LogP contribution in [0.4, 0.5) is 8.78 Å². The Bertz CT molecular complexity index is 1050. The fourth-order valence-electron chi connectivity index (χ4n) is 3.98. The van der Waals surface area contributed by atoms with Gasteiger partial charge in [-0.05, 0) is 55.2 Å². The topological polar surface area (TPSA) is 73.9 Å². The molecule has 34 heavy (non-hydrogen) atoms. The minimum absolute atomic E-state index is 0.219. The molecule has 2 aromatic rings. The second kappa shape index (κ2) is 11.9. The van der Waals surface area contributed by atoms with Crippen LogP contribution in [0.25, 0.3) is 0 Å². The van der Waals surface area contributed by atoms with Gasteiger partial charge in [0.1, 0.15) is 0 Å². The number of rotatable bonds is 10. The Kier molecular flexibility index (Phi) is 8.92. The van der Waals surface area contributed by atoms with E-state index in [1.807, 2.05) is 12.2 Å². The van der Waals surface area contributed by atoms with Gasteiger partial charge in [-0.1, -0.05) is 36.0 Å². The number of thioether (sulfide) groups is 1. The predicted octanol–water partition coefficient (Wildman–Crippen LogP) is 5.04. The molecule has 0 heterocycles. The number of nitrogens with one attached hydrogen (secondary N) is 1. The third-order valence-electron chi connectivity index (χ3n) is 5.49. The van der Waals surface area contributed by atoms with Crippen LogP contribution in [-0.2, 0) is 9.53 Å². The van der Waals surface area contributed by atoms with Gasteiger partial charge in [0, 0.05) is 16.5 Å². The highest BCUT2D eigenvalue weighted by molar-refractivity contribution is 7.99. The van der Waals surface area contributed by atoms with Crippen LogP contribution >= 0.6 is 11.8 Å². The SMILES string of the molecule is CCOC(=O)[C@H](c1ccc(OC)c(OC)c1)[C@H]1C=C[C@H](NC(=O)c2cccc(SC(F)F)c2)C1. The van der Waals surface area contributed by atoms with Crippen LogP contribution in [0, 0.1) is 5.92 Å². The molecule has 0 spiro atoms. The molecule has 6 nitrogen and oxygen atoms in total. The highest BCUT2D eigenvalue weighted by Gasteiger charge is 2.35. The number of benzene rings is 2. The van der Waals surface area contributed by atoms with Crippen LogP contribution in [0.15, 0.2) is 59.5 Å². The van der Waals surface area contributed by atoms with Gasteiger partial charge in [-0.25, -0.2) is 0 Å². The largest absolute Gasteiger partial charge is 0.493 e. The fourth-order valence-corrected chi connectivity index (χ4v) is 4.54. The van der Waals surface area contributed by atoms with E-state index in [0.717, 1.165) is 5.56 Å². The smallest absolute Gasteiger partial charge is 0.314 e. The molecule has 1 amide bonds. The average Bonchev–Trinajstić information content (AvgIpc) is 3.26. The van der Waals surface area contributed by atoms with Gasteiger partial charge in [-0.15, -0.1) is 0 Å². The van der Waals surface area contributed by atoms with Gasteiger partial charge in [0.25, 0.3) is 11.7 Å². The molecule has 0 unspecified atom stereocenters. The zero-order valence-electron chi connectivity index (χ0n) is 19.1. The quantitative estimate of drug-likeness (QED) is 0.285. The molecule has 1 aliphatic carbocycles. The van der Waals surface area contributed by atoms with Crippen LogP contribution in [0.2, 0.25) is 0 Å². The number of amides is 1. The lowest BCUT2D eigenvalue weighted by Gasteiger charge is -2.23. The molecule has 3 atom stereocenters. The molecular formula is C25H27F2NO5S. The highest BCUT2D eigenvalue weighted by Crippen LogP contribution is 2.38. The van der Waals surface area contributed by atoms with Gasteiger partial charge >= 0.3 is 5.97 Å². The van der Waals surface area contributed by atoms with Gasteiger partial charge in [0.05, 0.1) is 26.7 Å². The lowest BCUT2D eigenvalue weighted by atomic mass is 9.85. The lowest BCUT2D eigenvalue weighted by molar-refractivity contribution is -0.146. The third kappa shape index (κ3) is 6.28. The number of halogens is 2. The Morgan fingerprint density at radius 1 is 1.09 bits per heavy atom. The maximum absolute atomic E-state index is 12.9. The first-order chi connectivity index (χ1) is 16.4. The normalized spacial score (nSPS) is 17.9. The predicted molar refractivity (Wildman–Crippen MR) is 126 cm³/mol. The molecule has 0 fully saturated rings. The number of hydrogen-bond donors (Lipinski definition) is 1. The van der Waals surface area contributed by atoms with Crippen molar-refractivity contribution in [2.45, 2.75) is 36.0 Å². The number of ether oxygens (including phenoxy) is 3. The van der Waals surface area contributed by atoms with Crippen LogP contribution in [-0.4, -0.2) is 44.5 Å². The Morgan fingerprint density at radius 2 is 1.85 bits per heavy atom. The Hall–Kier alpha value is -3.07. The van der Waals surface area contributed by atoms with E-state index in [1.165, 1.54) is 26.4 Å². The van der Waals surface area contributed by atoms with E-state index >= 15 is 0 Å². The van der Waals surface area contributed by atoms with E-state index in [1.54, 1.807) is 37.3 Å². The number of carbonyl (C=O) groups is 2. The molecule has 2 aromatic carbocycles. The molecule has 3 rings (SSSR count). The van der Waals surface area contributed by atoms with E-state index in [4.69, 9.17) is 14.2 Å².